The van der Waals surface area contributed by atoms with Crippen LogP contribution >= 0.6 is 7.82 Å². The van der Waals surface area contributed by atoms with E-state index in [0.717, 1.165) is 15.2 Å². The first-order chi connectivity index (χ1) is 24.5. The average Bonchev–Trinajstić information content (AvgIpc) is 3.63. The Bertz CT molecular complexity index is 1930. The summed E-state index contributed by atoms with van der Waals surface area (Å²) in [6.07, 6.45) is -6.16. The third-order valence-corrected chi connectivity index (χ3v) is 9.84. The van der Waals surface area contributed by atoms with Crippen LogP contribution in [-0.2, 0) is 43.5 Å². The van der Waals surface area contributed by atoms with E-state index in [1.54, 1.807) is 37.3 Å². The quantitative estimate of drug-likeness (QED) is 0.0919. The van der Waals surface area contributed by atoms with E-state index in [0.29, 0.717) is 12.0 Å². The standard InChI is InChI=1S/C32H38N5O13P/c1-5-22-26(28(45-4)30(48-22)37-15-12-24(39)35-32(37)42)50-51(43,46-16-13-33-2)47-18-23-25(40)27(44-3)29(49-23)36-14-11-20(34-31(36)41)17-21(38)19-9-7-6-8-10-19/h6-12,14-15,22-23,25-30,40H,5,13,16-18H2,1,3-4H3,(H,35,39,42). The number of ether oxygens (including phenoxy) is 4. The number of H-pyrrole nitrogens is 1. The zero-order chi connectivity index (χ0) is 36.7. The molecule has 2 fully saturated rings. The zero-order valence-corrected chi connectivity index (χ0v) is 28.8. The minimum absolute atomic E-state index is 0.113. The molecule has 9 atom stereocenters. The average molecular weight is 732 g/mol. The Hall–Kier alpha value is -4.15. The van der Waals surface area contributed by atoms with Gasteiger partial charge in [0, 0.05) is 38.2 Å². The molecule has 18 nitrogen and oxygen atoms in total. The Morgan fingerprint density at radius 2 is 1.67 bits per heavy atom. The highest BCUT2D eigenvalue weighted by Crippen LogP contribution is 2.54. The van der Waals surface area contributed by atoms with Crippen LogP contribution in [0.5, 0.6) is 0 Å². The third-order valence-electron chi connectivity index (χ3n) is 8.37. The lowest BCUT2D eigenvalue weighted by Gasteiger charge is -2.27. The minimum atomic E-state index is -4.58. The topological polar surface area (TPSA) is 213 Å². The first kappa shape index (κ1) is 38.1. The van der Waals surface area contributed by atoms with Crippen LogP contribution in [0.1, 0.15) is 41.9 Å². The molecule has 0 radical (unpaired) electrons. The van der Waals surface area contributed by atoms with E-state index in [9.17, 15) is 28.8 Å². The number of Topliss-reactive ketones (excluding diaryl/α,β-unsaturated/α-hetero) is 1. The minimum Gasteiger partial charge on any atom is -0.387 e. The Morgan fingerprint density at radius 1 is 0.980 bits per heavy atom. The van der Waals surface area contributed by atoms with Crippen LogP contribution in [0.2, 0.25) is 0 Å². The van der Waals surface area contributed by atoms with Gasteiger partial charge >= 0.3 is 19.2 Å². The van der Waals surface area contributed by atoms with Crippen LogP contribution in [0.15, 0.2) is 69.2 Å². The number of phosphoric acid groups is 1. The van der Waals surface area contributed by atoms with Crippen LogP contribution in [-0.4, -0.2) is 101 Å². The van der Waals surface area contributed by atoms with Gasteiger partial charge < -0.3 is 28.9 Å². The number of aliphatic hydroxyl groups is 1. The Labute approximate surface area is 291 Å². The molecule has 4 heterocycles. The van der Waals surface area contributed by atoms with Gasteiger partial charge in [-0.1, -0.05) is 37.3 Å². The molecule has 1 aromatic carbocycles. The molecule has 51 heavy (non-hydrogen) atoms. The highest BCUT2D eigenvalue weighted by molar-refractivity contribution is 7.48. The Balaban J connectivity index is 1.32. The number of phosphoric ester groups is 1. The van der Waals surface area contributed by atoms with Gasteiger partial charge in [0.25, 0.3) is 5.56 Å². The molecule has 0 spiro atoms. The molecule has 2 aromatic heterocycles. The Morgan fingerprint density at radius 3 is 2.31 bits per heavy atom. The van der Waals surface area contributed by atoms with Gasteiger partial charge in [-0.05, 0) is 12.5 Å². The van der Waals surface area contributed by atoms with E-state index < -0.39 is 80.4 Å². The van der Waals surface area contributed by atoms with Gasteiger partial charge in [0.2, 0.25) is 6.54 Å². The number of aliphatic hydroxyl groups excluding tert-OH is 1. The Kier molecular flexibility index (Phi) is 12.6. The van der Waals surface area contributed by atoms with Gasteiger partial charge in [0.15, 0.2) is 18.2 Å². The van der Waals surface area contributed by atoms with E-state index in [1.807, 2.05) is 0 Å². The molecule has 2 aliphatic heterocycles. The highest BCUT2D eigenvalue weighted by atomic mass is 31.2. The van der Waals surface area contributed by atoms with Gasteiger partial charge in [0.1, 0.15) is 37.1 Å². The molecule has 0 amide bonds. The maximum Gasteiger partial charge on any atom is 0.475 e. The predicted molar refractivity (Wildman–Crippen MR) is 176 cm³/mol. The predicted octanol–water partition coefficient (Wildman–Crippen LogP) is 1.26. The number of carbonyl (C=O) groups excluding carboxylic acids is 1. The molecule has 2 N–H and O–H groups in total. The van der Waals surface area contributed by atoms with Crippen molar-refractivity contribution >= 4 is 13.6 Å². The summed E-state index contributed by atoms with van der Waals surface area (Å²) in [5.41, 5.74) is -1.44. The van der Waals surface area contributed by atoms with Gasteiger partial charge in [-0.15, -0.1) is 0 Å². The highest BCUT2D eigenvalue weighted by Gasteiger charge is 2.51. The fraction of sp³-hybridized carbons (Fsp3) is 0.500. The van der Waals surface area contributed by atoms with Crippen molar-refractivity contribution in [2.45, 2.75) is 68.8 Å². The van der Waals surface area contributed by atoms with Gasteiger partial charge in [-0.25, -0.2) is 20.7 Å². The largest absolute Gasteiger partial charge is 0.475 e. The van der Waals surface area contributed by atoms with E-state index in [-0.39, 0.29) is 31.0 Å². The number of benzene rings is 1. The number of aromatic nitrogens is 4. The van der Waals surface area contributed by atoms with E-state index in [2.05, 4.69) is 14.8 Å². The number of rotatable bonds is 16. The number of hydrogen-bond acceptors (Lipinski definition) is 14. The first-order valence-corrected chi connectivity index (χ1v) is 17.4. The molecule has 5 rings (SSSR count). The number of nitrogens with zero attached hydrogens (tertiary/aromatic N) is 4. The summed E-state index contributed by atoms with van der Waals surface area (Å²) in [6, 6.07) is 11.2. The molecule has 0 bridgehead atoms. The van der Waals surface area contributed by atoms with E-state index in [4.69, 9.17) is 39.1 Å². The van der Waals surface area contributed by atoms with Gasteiger partial charge in [0.05, 0.1) is 24.8 Å². The number of methoxy groups -OCH3 is 2. The lowest BCUT2D eigenvalue weighted by atomic mass is 10.1. The zero-order valence-electron chi connectivity index (χ0n) is 27.9. The van der Waals surface area contributed by atoms with Gasteiger partial charge in [-0.3, -0.25) is 37.3 Å². The maximum atomic E-state index is 14.1. The van der Waals surface area contributed by atoms with Crippen molar-refractivity contribution in [3.8, 4) is 0 Å². The summed E-state index contributed by atoms with van der Waals surface area (Å²) in [7, 11) is -1.95. The van der Waals surface area contributed by atoms with Crippen LogP contribution in [0.3, 0.4) is 0 Å². The molecule has 0 aliphatic carbocycles. The van der Waals surface area contributed by atoms with Gasteiger partial charge in [-0.2, -0.15) is 4.98 Å². The molecular weight excluding hydrogens is 693 g/mol. The van der Waals surface area contributed by atoms with Crippen LogP contribution < -0.4 is 16.9 Å². The van der Waals surface area contributed by atoms with Crippen molar-refractivity contribution in [3.05, 3.63) is 109 Å². The lowest BCUT2D eigenvalue weighted by molar-refractivity contribution is -0.0673. The second-order valence-corrected chi connectivity index (χ2v) is 13.2. The van der Waals surface area contributed by atoms with Crippen molar-refractivity contribution in [1.82, 2.24) is 19.1 Å². The molecule has 19 heteroatoms. The van der Waals surface area contributed by atoms with Crippen LogP contribution in [0.25, 0.3) is 4.85 Å². The normalized spacial score (nSPS) is 27.2. The molecule has 0 saturated carbocycles. The SMILES string of the molecule is [C-]#[N+]CCOP(=O)(OCC1OC(n2ccc(CC(=O)c3ccccc3)nc2=O)C(OC)C1O)OC1C(CC)OC(n2ccc(=O)[nH]c2=O)C1OC. The van der Waals surface area contributed by atoms with E-state index in [1.165, 1.54) is 32.7 Å². The van der Waals surface area contributed by atoms with Crippen molar-refractivity contribution in [2.24, 2.45) is 0 Å². The second kappa shape index (κ2) is 16.9. The lowest BCUT2D eigenvalue weighted by Crippen LogP contribution is -2.39. The number of carbonyl (C=O) groups is 1. The fourth-order valence-electron chi connectivity index (χ4n) is 5.84. The summed E-state index contributed by atoms with van der Waals surface area (Å²) < 4.78 is 56.4. The third kappa shape index (κ3) is 8.67. The fourth-order valence-corrected chi connectivity index (χ4v) is 7.23. The summed E-state index contributed by atoms with van der Waals surface area (Å²) >= 11 is 0. The monoisotopic (exact) mass is 731 g/mol. The summed E-state index contributed by atoms with van der Waals surface area (Å²) in [5, 5.41) is 11.1. The van der Waals surface area contributed by atoms with Crippen molar-refractivity contribution in [2.75, 3.05) is 34.0 Å². The first-order valence-electron chi connectivity index (χ1n) is 16.0. The molecular formula is C32H38N5O13P. The number of nitrogens with one attached hydrogen (secondary N) is 1. The van der Waals surface area contributed by atoms with Crippen molar-refractivity contribution in [1.29, 1.82) is 0 Å². The molecule has 2 aliphatic rings. The molecule has 9 unspecified atom stereocenters. The summed E-state index contributed by atoms with van der Waals surface area (Å²) in [6.45, 7) is 7.74. The number of ketones is 1. The van der Waals surface area contributed by atoms with Crippen LogP contribution in [0.4, 0.5) is 0 Å². The molecule has 2 saturated heterocycles. The molecule has 3 aromatic rings. The van der Waals surface area contributed by atoms with Crippen molar-refractivity contribution in [3.63, 3.8) is 0 Å². The second-order valence-electron chi connectivity index (χ2n) is 11.5. The smallest absolute Gasteiger partial charge is 0.387 e. The maximum absolute atomic E-state index is 14.1. The van der Waals surface area contributed by atoms with E-state index >= 15 is 0 Å². The number of aromatic amines is 1. The molecule has 274 valence electrons. The van der Waals surface area contributed by atoms with Crippen LogP contribution in [0, 0.1) is 6.57 Å². The number of hydrogen-bond donors (Lipinski definition) is 2. The summed E-state index contributed by atoms with van der Waals surface area (Å²) in [5.74, 6) is -0.225. The van der Waals surface area contributed by atoms with Crippen molar-refractivity contribution < 1.29 is 47.0 Å². The summed E-state index contributed by atoms with van der Waals surface area (Å²) in [4.78, 5) is 59.3.